The highest BCUT2D eigenvalue weighted by Crippen LogP contribution is 2.18. The first-order valence-corrected chi connectivity index (χ1v) is 8.65. The maximum atomic E-state index is 5.95. The summed E-state index contributed by atoms with van der Waals surface area (Å²) in [5.74, 6) is 1.61. The molecule has 1 N–H and O–H groups in total. The molecule has 3 aromatic rings. The minimum absolute atomic E-state index is 0.488. The van der Waals surface area contributed by atoms with E-state index in [2.05, 4.69) is 22.2 Å². The van der Waals surface area contributed by atoms with Crippen molar-refractivity contribution in [2.45, 2.75) is 26.4 Å². The lowest BCUT2D eigenvalue weighted by Gasteiger charge is -2.09. The minimum Gasteiger partial charge on any atom is -0.488 e. The van der Waals surface area contributed by atoms with Crippen molar-refractivity contribution in [2.75, 3.05) is 0 Å². The largest absolute Gasteiger partial charge is 0.488 e. The van der Waals surface area contributed by atoms with Crippen LogP contribution in [-0.2, 0) is 13.0 Å². The lowest BCUT2D eigenvalue weighted by Crippen LogP contribution is -2.01. The quantitative estimate of drug-likeness (QED) is 0.508. The van der Waals surface area contributed by atoms with E-state index in [1.807, 2.05) is 54.6 Å². The fourth-order valence-electron chi connectivity index (χ4n) is 2.40. The smallest absolute Gasteiger partial charge is 0.216 e. The molecular weight excluding hydrogens is 332 g/mol. The van der Waals surface area contributed by atoms with Crippen LogP contribution >= 0.6 is 12.2 Å². The summed E-state index contributed by atoms with van der Waals surface area (Å²) in [6, 6.07) is 17.9. The molecule has 1 aromatic heterocycles. The molecule has 2 aromatic carbocycles. The van der Waals surface area contributed by atoms with Crippen molar-refractivity contribution in [3.05, 3.63) is 76.3 Å². The Morgan fingerprint density at radius 3 is 2.72 bits per heavy atom. The third-order valence-electron chi connectivity index (χ3n) is 3.66. The van der Waals surface area contributed by atoms with Crippen molar-refractivity contribution in [3.8, 4) is 5.75 Å². The van der Waals surface area contributed by atoms with E-state index in [4.69, 9.17) is 17.0 Å². The van der Waals surface area contributed by atoms with E-state index in [-0.39, 0.29) is 0 Å². The van der Waals surface area contributed by atoms with Crippen LogP contribution in [0.2, 0.25) is 0 Å². The van der Waals surface area contributed by atoms with E-state index in [9.17, 15) is 0 Å². The van der Waals surface area contributed by atoms with Crippen LogP contribution in [0, 0.1) is 4.77 Å². The first-order chi connectivity index (χ1) is 12.3. The van der Waals surface area contributed by atoms with Gasteiger partial charge in [-0.2, -0.15) is 14.9 Å². The predicted molar refractivity (Wildman–Crippen MR) is 102 cm³/mol. The molecule has 128 valence electrons. The number of para-hydroxylation sites is 1. The lowest BCUT2D eigenvalue weighted by atomic mass is 10.2. The molecular formula is C19H20N4OS. The molecule has 0 aliphatic carbocycles. The molecule has 6 heteroatoms. The number of H-pyrrole nitrogens is 1. The highest BCUT2D eigenvalue weighted by molar-refractivity contribution is 7.71. The Morgan fingerprint density at radius 2 is 1.92 bits per heavy atom. The monoisotopic (exact) mass is 352 g/mol. The third kappa shape index (κ3) is 4.42. The lowest BCUT2D eigenvalue weighted by molar-refractivity contribution is 0.306. The Bertz CT molecular complexity index is 899. The number of aryl methyl sites for hydroxylation is 1. The molecule has 0 unspecified atom stereocenters. The number of hydrogen-bond acceptors (Lipinski definition) is 4. The van der Waals surface area contributed by atoms with Crippen LogP contribution < -0.4 is 4.74 Å². The molecule has 0 radical (unpaired) electrons. The maximum absolute atomic E-state index is 5.95. The Kier molecular flexibility index (Phi) is 5.74. The fraction of sp³-hybridized carbons (Fsp3) is 0.211. The van der Waals surface area contributed by atoms with Gasteiger partial charge in [-0.05, 0) is 36.3 Å². The Morgan fingerprint density at radius 1 is 1.16 bits per heavy atom. The van der Waals surface area contributed by atoms with Crippen LogP contribution in [0.25, 0.3) is 0 Å². The van der Waals surface area contributed by atoms with E-state index in [0.717, 1.165) is 35.5 Å². The number of ether oxygens (including phenoxy) is 1. The highest BCUT2D eigenvalue weighted by atomic mass is 32.1. The van der Waals surface area contributed by atoms with Gasteiger partial charge in [-0.15, -0.1) is 0 Å². The molecule has 25 heavy (non-hydrogen) atoms. The predicted octanol–water partition coefficient (Wildman–Crippen LogP) is 4.35. The molecule has 5 nitrogen and oxygen atoms in total. The topological polar surface area (TPSA) is 55.2 Å². The number of aromatic amines is 1. The molecule has 0 bridgehead atoms. The van der Waals surface area contributed by atoms with Crippen molar-refractivity contribution in [3.63, 3.8) is 0 Å². The average molecular weight is 352 g/mol. The first kappa shape index (κ1) is 17.1. The molecule has 0 aliphatic rings. The molecule has 3 rings (SSSR count). The highest BCUT2D eigenvalue weighted by Gasteiger charge is 2.05. The van der Waals surface area contributed by atoms with Gasteiger partial charge in [0, 0.05) is 12.0 Å². The molecule has 0 spiro atoms. The van der Waals surface area contributed by atoms with Gasteiger partial charge in [-0.25, -0.2) is 0 Å². The zero-order chi connectivity index (χ0) is 17.5. The summed E-state index contributed by atoms with van der Waals surface area (Å²) in [4.78, 5) is 0. The molecule has 0 fully saturated rings. The van der Waals surface area contributed by atoms with Gasteiger partial charge in [-0.1, -0.05) is 49.4 Å². The maximum Gasteiger partial charge on any atom is 0.216 e. The second kappa shape index (κ2) is 8.39. The number of rotatable bonds is 7. The normalized spacial score (nSPS) is 11.1. The average Bonchev–Trinajstić information content (AvgIpc) is 3.00. The molecule has 0 atom stereocenters. The summed E-state index contributed by atoms with van der Waals surface area (Å²) >= 11 is 5.25. The Hall–Kier alpha value is -2.73. The van der Waals surface area contributed by atoms with Crippen LogP contribution in [0.15, 0.2) is 59.7 Å². The van der Waals surface area contributed by atoms with Crippen LogP contribution in [0.5, 0.6) is 5.75 Å². The van der Waals surface area contributed by atoms with Crippen LogP contribution in [0.1, 0.15) is 30.3 Å². The number of aromatic nitrogens is 3. The Labute approximate surface area is 152 Å². The minimum atomic E-state index is 0.488. The van der Waals surface area contributed by atoms with Crippen molar-refractivity contribution in [1.82, 2.24) is 14.9 Å². The number of hydrogen-bond donors (Lipinski definition) is 1. The van der Waals surface area contributed by atoms with E-state index < -0.39 is 0 Å². The van der Waals surface area contributed by atoms with Gasteiger partial charge < -0.3 is 4.74 Å². The van der Waals surface area contributed by atoms with Gasteiger partial charge in [0.1, 0.15) is 12.4 Å². The summed E-state index contributed by atoms with van der Waals surface area (Å²) in [5.41, 5.74) is 2.01. The van der Waals surface area contributed by atoms with Crippen molar-refractivity contribution in [1.29, 1.82) is 0 Å². The van der Waals surface area contributed by atoms with Crippen molar-refractivity contribution < 1.29 is 4.74 Å². The fourth-order valence-corrected chi connectivity index (χ4v) is 2.60. The van der Waals surface area contributed by atoms with Gasteiger partial charge in [-0.3, -0.25) is 5.10 Å². The molecule has 0 amide bonds. The summed E-state index contributed by atoms with van der Waals surface area (Å²) in [5, 5.41) is 11.5. The zero-order valence-electron chi connectivity index (χ0n) is 14.1. The second-order valence-corrected chi connectivity index (χ2v) is 5.95. The Balaban J connectivity index is 1.79. The van der Waals surface area contributed by atoms with Gasteiger partial charge in [0.25, 0.3) is 0 Å². The van der Waals surface area contributed by atoms with Crippen LogP contribution in [0.4, 0.5) is 0 Å². The number of nitrogens with zero attached hydrogens (tertiary/aromatic N) is 3. The number of nitrogens with one attached hydrogen (secondary N) is 1. The molecule has 0 saturated carbocycles. The molecule has 0 aliphatic heterocycles. The third-order valence-corrected chi connectivity index (χ3v) is 3.92. The van der Waals surface area contributed by atoms with Gasteiger partial charge in [0.15, 0.2) is 5.82 Å². The standard InChI is InChI=1S/C19H20N4OS/c1-2-8-18-21-22-19(25)23(18)20-13-16-11-6-7-12-17(16)24-14-15-9-4-3-5-10-15/h3-7,9-13H,2,8,14H2,1H3,(H,22,25)/b20-13-. The van der Waals surface area contributed by atoms with E-state index in [0.29, 0.717) is 11.4 Å². The summed E-state index contributed by atoms with van der Waals surface area (Å²) in [7, 11) is 0. The van der Waals surface area contributed by atoms with Gasteiger partial charge in [0.2, 0.25) is 4.77 Å². The van der Waals surface area contributed by atoms with Crippen LogP contribution in [-0.4, -0.2) is 21.1 Å². The van der Waals surface area contributed by atoms with Gasteiger partial charge >= 0.3 is 0 Å². The molecule has 0 saturated heterocycles. The van der Waals surface area contributed by atoms with Crippen molar-refractivity contribution >= 4 is 18.4 Å². The van der Waals surface area contributed by atoms with E-state index >= 15 is 0 Å². The van der Waals surface area contributed by atoms with E-state index in [1.54, 1.807) is 10.9 Å². The van der Waals surface area contributed by atoms with E-state index in [1.165, 1.54) is 0 Å². The van der Waals surface area contributed by atoms with Crippen molar-refractivity contribution in [2.24, 2.45) is 5.10 Å². The van der Waals surface area contributed by atoms with Gasteiger partial charge in [0.05, 0.1) is 6.21 Å². The first-order valence-electron chi connectivity index (χ1n) is 8.24. The summed E-state index contributed by atoms with van der Waals surface area (Å²) in [6.45, 7) is 2.61. The zero-order valence-corrected chi connectivity index (χ0v) is 14.9. The summed E-state index contributed by atoms with van der Waals surface area (Å²) in [6.07, 6.45) is 3.55. The second-order valence-electron chi connectivity index (χ2n) is 5.56. The summed E-state index contributed by atoms with van der Waals surface area (Å²) < 4.78 is 8.10. The SMILES string of the molecule is CCCc1n[nH]c(=S)n1/N=C\c1ccccc1OCc1ccccc1. The molecule has 1 heterocycles. The van der Waals surface area contributed by atoms with Crippen LogP contribution in [0.3, 0.4) is 0 Å². The number of benzene rings is 2.